The quantitative estimate of drug-likeness (QED) is 0.907. The van der Waals surface area contributed by atoms with Crippen molar-refractivity contribution in [3.05, 3.63) is 23.3 Å². The summed E-state index contributed by atoms with van der Waals surface area (Å²) >= 11 is 0. The molecule has 1 N–H and O–H groups in total. The lowest BCUT2D eigenvalue weighted by Gasteiger charge is -2.32. The summed E-state index contributed by atoms with van der Waals surface area (Å²) in [5.41, 5.74) is 2.00. The summed E-state index contributed by atoms with van der Waals surface area (Å²) < 4.78 is 0. The van der Waals surface area contributed by atoms with Crippen LogP contribution in [0.3, 0.4) is 0 Å². The molecule has 25 heavy (non-hydrogen) atoms. The topological polar surface area (TPSA) is 75.2 Å². The predicted molar refractivity (Wildman–Crippen MR) is 94.3 cm³/mol. The van der Waals surface area contributed by atoms with Gasteiger partial charge in [-0.15, -0.1) is 0 Å². The highest BCUT2D eigenvalue weighted by Gasteiger charge is 2.39. The van der Waals surface area contributed by atoms with Crippen LogP contribution in [0.25, 0.3) is 0 Å². The number of carbonyl (C=O) groups is 2. The average molecular weight is 344 g/mol. The van der Waals surface area contributed by atoms with Crippen LogP contribution in [0.5, 0.6) is 0 Å². The molecule has 1 aliphatic heterocycles. The van der Waals surface area contributed by atoms with Crippen LogP contribution in [0.4, 0.5) is 0 Å². The van der Waals surface area contributed by atoms with E-state index in [0.717, 1.165) is 49.2 Å². The first-order valence-corrected chi connectivity index (χ1v) is 9.33. The van der Waals surface area contributed by atoms with Crippen molar-refractivity contribution >= 4 is 11.8 Å². The molecule has 1 fully saturated rings. The van der Waals surface area contributed by atoms with E-state index in [9.17, 15) is 9.59 Å². The second kappa shape index (κ2) is 7.50. The SMILES string of the molecule is CNC(=O)[C@H]1CCCC[C@H]1C(=O)N1Cc2cnc(CC(C)C)nc2C1. The third-order valence-electron chi connectivity index (χ3n) is 5.27. The van der Waals surface area contributed by atoms with Gasteiger partial charge in [0, 0.05) is 43.6 Å². The molecule has 1 aliphatic carbocycles. The molecule has 0 spiro atoms. The van der Waals surface area contributed by atoms with Gasteiger partial charge < -0.3 is 10.2 Å². The molecule has 0 bridgehead atoms. The molecule has 0 unspecified atom stereocenters. The van der Waals surface area contributed by atoms with Crippen molar-refractivity contribution < 1.29 is 9.59 Å². The molecule has 2 aliphatic rings. The van der Waals surface area contributed by atoms with Crippen molar-refractivity contribution in [1.82, 2.24) is 20.2 Å². The molecule has 1 saturated carbocycles. The Kier molecular flexibility index (Phi) is 5.35. The van der Waals surface area contributed by atoms with Crippen LogP contribution < -0.4 is 5.32 Å². The normalized spacial score (nSPS) is 22.8. The van der Waals surface area contributed by atoms with Gasteiger partial charge in [0.1, 0.15) is 5.82 Å². The number of hydrogen-bond acceptors (Lipinski definition) is 4. The fraction of sp³-hybridized carbons (Fsp3) is 0.684. The van der Waals surface area contributed by atoms with E-state index < -0.39 is 0 Å². The Morgan fingerprint density at radius 2 is 1.96 bits per heavy atom. The van der Waals surface area contributed by atoms with Crippen molar-refractivity contribution in [2.45, 2.75) is 59.0 Å². The number of carbonyl (C=O) groups excluding carboxylic acids is 2. The van der Waals surface area contributed by atoms with Crippen LogP contribution in [0.15, 0.2) is 6.20 Å². The number of nitrogens with one attached hydrogen (secondary N) is 1. The van der Waals surface area contributed by atoms with E-state index >= 15 is 0 Å². The van der Waals surface area contributed by atoms with Gasteiger partial charge in [-0.2, -0.15) is 0 Å². The van der Waals surface area contributed by atoms with E-state index in [2.05, 4.69) is 29.1 Å². The molecular formula is C19H28N4O2. The van der Waals surface area contributed by atoms with E-state index in [1.165, 1.54) is 0 Å². The highest BCUT2D eigenvalue weighted by Crippen LogP contribution is 2.33. The second-order valence-corrected chi connectivity index (χ2v) is 7.66. The number of fused-ring (bicyclic) bond motifs is 1. The highest BCUT2D eigenvalue weighted by molar-refractivity contribution is 5.88. The summed E-state index contributed by atoms with van der Waals surface area (Å²) in [6, 6.07) is 0. The van der Waals surface area contributed by atoms with Crippen LogP contribution in [-0.4, -0.2) is 33.7 Å². The molecule has 2 atom stereocenters. The molecule has 0 aromatic carbocycles. The Balaban J connectivity index is 1.72. The number of hydrogen-bond donors (Lipinski definition) is 1. The van der Waals surface area contributed by atoms with Gasteiger partial charge >= 0.3 is 0 Å². The maximum Gasteiger partial charge on any atom is 0.227 e. The van der Waals surface area contributed by atoms with Gasteiger partial charge in [-0.25, -0.2) is 9.97 Å². The summed E-state index contributed by atoms with van der Waals surface area (Å²) in [5, 5.41) is 2.72. The van der Waals surface area contributed by atoms with Gasteiger partial charge in [-0.3, -0.25) is 9.59 Å². The summed E-state index contributed by atoms with van der Waals surface area (Å²) in [6.07, 6.45) is 6.35. The maximum absolute atomic E-state index is 13.1. The third-order valence-corrected chi connectivity index (χ3v) is 5.27. The zero-order valence-electron chi connectivity index (χ0n) is 15.4. The largest absolute Gasteiger partial charge is 0.359 e. The van der Waals surface area contributed by atoms with E-state index in [1.54, 1.807) is 7.05 Å². The monoisotopic (exact) mass is 344 g/mol. The second-order valence-electron chi connectivity index (χ2n) is 7.66. The van der Waals surface area contributed by atoms with E-state index in [-0.39, 0.29) is 23.7 Å². The number of nitrogens with zero attached hydrogens (tertiary/aromatic N) is 3. The Morgan fingerprint density at radius 1 is 1.24 bits per heavy atom. The molecular weight excluding hydrogens is 316 g/mol. The van der Waals surface area contributed by atoms with Crippen LogP contribution in [0.1, 0.15) is 56.6 Å². The predicted octanol–water partition coefficient (Wildman–Crippen LogP) is 2.07. The number of rotatable bonds is 4. The molecule has 1 aromatic heterocycles. The summed E-state index contributed by atoms with van der Waals surface area (Å²) in [7, 11) is 1.65. The minimum Gasteiger partial charge on any atom is -0.359 e. The lowest BCUT2D eigenvalue weighted by Crippen LogP contribution is -2.43. The first kappa shape index (κ1) is 17.8. The van der Waals surface area contributed by atoms with Gasteiger partial charge in [0.25, 0.3) is 0 Å². The first-order chi connectivity index (χ1) is 12.0. The van der Waals surface area contributed by atoms with Gasteiger partial charge in [0.15, 0.2) is 0 Å². The number of aromatic nitrogens is 2. The fourth-order valence-electron chi connectivity index (χ4n) is 3.97. The number of amides is 2. The van der Waals surface area contributed by atoms with Crippen molar-refractivity contribution in [2.75, 3.05) is 7.05 Å². The third kappa shape index (κ3) is 3.83. The minimum atomic E-state index is -0.203. The molecule has 2 heterocycles. The van der Waals surface area contributed by atoms with Crippen LogP contribution >= 0.6 is 0 Å². The van der Waals surface area contributed by atoms with Crippen molar-refractivity contribution in [3.8, 4) is 0 Å². The van der Waals surface area contributed by atoms with Gasteiger partial charge in [0.05, 0.1) is 12.2 Å². The van der Waals surface area contributed by atoms with E-state index in [1.807, 2.05) is 11.1 Å². The molecule has 1 aromatic rings. The molecule has 136 valence electrons. The standard InChI is InChI=1S/C19H28N4O2/c1-12(2)8-17-21-9-13-10-23(11-16(13)22-17)19(25)15-7-5-4-6-14(15)18(24)20-3/h9,12,14-15H,4-8,10-11H2,1-3H3,(H,20,24)/t14-,15+/m0/s1. The first-order valence-electron chi connectivity index (χ1n) is 9.33. The molecule has 2 amide bonds. The lowest BCUT2D eigenvalue weighted by atomic mass is 9.78. The van der Waals surface area contributed by atoms with Crippen LogP contribution in [-0.2, 0) is 29.1 Å². The summed E-state index contributed by atoms with van der Waals surface area (Å²) in [6.45, 7) is 5.40. The zero-order valence-corrected chi connectivity index (χ0v) is 15.4. The van der Waals surface area contributed by atoms with Gasteiger partial charge in [0.2, 0.25) is 11.8 Å². The van der Waals surface area contributed by atoms with Crippen LogP contribution in [0, 0.1) is 17.8 Å². The Labute approximate surface area is 149 Å². The molecule has 0 saturated heterocycles. The molecule has 3 rings (SSSR count). The van der Waals surface area contributed by atoms with Crippen molar-refractivity contribution in [1.29, 1.82) is 0 Å². The maximum atomic E-state index is 13.1. The smallest absolute Gasteiger partial charge is 0.227 e. The Bertz CT molecular complexity index is 659. The average Bonchev–Trinajstić information content (AvgIpc) is 3.03. The minimum absolute atomic E-state index is 0.00577. The zero-order chi connectivity index (χ0) is 18.0. The van der Waals surface area contributed by atoms with Gasteiger partial charge in [-0.1, -0.05) is 26.7 Å². The van der Waals surface area contributed by atoms with Crippen LogP contribution in [0.2, 0.25) is 0 Å². The van der Waals surface area contributed by atoms with E-state index in [4.69, 9.17) is 0 Å². The lowest BCUT2D eigenvalue weighted by molar-refractivity contribution is -0.144. The Morgan fingerprint density at radius 3 is 2.64 bits per heavy atom. The molecule has 6 heteroatoms. The van der Waals surface area contributed by atoms with Gasteiger partial charge in [-0.05, 0) is 18.8 Å². The fourth-order valence-corrected chi connectivity index (χ4v) is 3.97. The van der Waals surface area contributed by atoms with Crippen molar-refractivity contribution in [3.63, 3.8) is 0 Å². The summed E-state index contributed by atoms with van der Waals surface area (Å²) in [4.78, 5) is 36.2. The molecule has 0 radical (unpaired) electrons. The van der Waals surface area contributed by atoms with E-state index in [0.29, 0.717) is 19.0 Å². The summed E-state index contributed by atoms with van der Waals surface area (Å²) in [5.74, 6) is 1.05. The highest BCUT2D eigenvalue weighted by atomic mass is 16.2. The molecule has 6 nitrogen and oxygen atoms in total. The Hall–Kier alpha value is -1.98. The van der Waals surface area contributed by atoms with Crippen molar-refractivity contribution in [2.24, 2.45) is 17.8 Å².